The molecule has 0 aliphatic heterocycles. The third-order valence-corrected chi connectivity index (χ3v) is 5.75. The molecule has 2 aromatic carbocycles. The van der Waals surface area contributed by atoms with Crippen molar-refractivity contribution < 1.29 is 13.2 Å². The fourth-order valence-corrected chi connectivity index (χ4v) is 4.12. The highest BCUT2D eigenvalue weighted by Gasteiger charge is 2.20. The number of methoxy groups -OCH3 is 1. The molecule has 0 bridgehead atoms. The van der Waals surface area contributed by atoms with Crippen molar-refractivity contribution in [3.8, 4) is 5.75 Å². The van der Waals surface area contributed by atoms with Crippen LogP contribution in [0.15, 0.2) is 57.9 Å². The second-order valence-corrected chi connectivity index (χ2v) is 8.16. The zero-order valence-corrected chi connectivity index (χ0v) is 16.3. The van der Waals surface area contributed by atoms with E-state index in [4.69, 9.17) is 4.74 Å². The molecule has 7 heteroatoms. The zero-order valence-electron chi connectivity index (χ0n) is 13.9. The van der Waals surface area contributed by atoms with Gasteiger partial charge in [-0.1, -0.05) is 30.3 Å². The summed E-state index contributed by atoms with van der Waals surface area (Å²) in [6, 6.07) is 14.4. The molecular formula is C17H21BrN2O3S. The van der Waals surface area contributed by atoms with E-state index in [-0.39, 0.29) is 17.5 Å². The first kappa shape index (κ1) is 18.9. The predicted molar refractivity (Wildman–Crippen MR) is 98.8 cm³/mol. The van der Waals surface area contributed by atoms with Crippen LogP contribution < -0.4 is 9.46 Å². The van der Waals surface area contributed by atoms with E-state index in [0.29, 0.717) is 10.2 Å². The maximum Gasteiger partial charge on any atom is 0.240 e. The molecule has 1 atom stereocenters. The first-order valence-corrected chi connectivity index (χ1v) is 9.67. The number of nitrogens with zero attached hydrogens (tertiary/aromatic N) is 1. The highest BCUT2D eigenvalue weighted by molar-refractivity contribution is 9.10. The first-order chi connectivity index (χ1) is 11.3. The first-order valence-electron chi connectivity index (χ1n) is 7.39. The summed E-state index contributed by atoms with van der Waals surface area (Å²) < 4.78 is 33.5. The van der Waals surface area contributed by atoms with Gasteiger partial charge in [0.05, 0.1) is 16.5 Å². The Labute approximate surface area is 151 Å². The lowest BCUT2D eigenvalue weighted by Crippen LogP contribution is -2.34. The smallest absolute Gasteiger partial charge is 0.240 e. The van der Waals surface area contributed by atoms with Crippen molar-refractivity contribution in [1.29, 1.82) is 0 Å². The zero-order chi connectivity index (χ0) is 17.7. The number of nitrogens with one attached hydrogen (secondary N) is 1. The van der Waals surface area contributed by atoms with Crippen molar-refractivity contribution in [3.05, 3.63) is 58.6 Å². The molecule has 1 unspecified atom stereocenters. The van der Waals surface area contributed by atoms with Crippen LogP contribution in [-0.2, 0) is 10.0 Å². The summed E-state index contributed by atoms with van der Waals surface area (Å²) in [5.41, 5.74) is 1.06. The SMILES string of the molecule is COc1ccc(S(=O)(=O)NCC(c2ccccc2)N(C)C)cc1Br. The Morgan fingerprint density at radius 2 is 1.83 bits per heavy atom. The highest BCUT2D eigenvalue weighted by Crippen LogP contribution is 2.27. The second-order valence-electron chi connectivity index (χ2n) is 5.54. The molecule has 24 heavy (non-hydrogen) atoms. The van der Waals surface area contributed by atoms with Crippen LogP contribution in [0.1, 0.15) is 11.6 Å². The number of ether oxygens (including phenoxy) is 1. The number of likely N-dealkylation sites (N-methyl/N-ethyl adjacent to an activating group) is 1. The molecule has 2 aromatic rings. The maximum absolute atomic E-state index is 12.6. The Morgan fingerprint density at radius 1 is 1.17 bits per heavy atom. The van der Waals surface area contributed by atoms with E-state index in [1.807, 2.05) is 49.3 Å². The average molecular weight is 413 g/mol. The van der Waals surface area contributed by atoms with E-state index in [2.05, 4.69) is 20.7 Å². The third-order valence-electron chi connectivity index (χ3n) is 3.71. The van der Waals surface area contributed by atoms with Gasteiger partial charge in [0.2, 0.25) is 10.0 Å². The monoisotopic (exact) mass is 412 g/mol. The standard InChI is InChI=1S/C17H21BrN2O3S/c1-20(2)16(13-7-5-4-6-8-13)12-19-24(21,22)14-9-10-17(23-3)15(18)11-14/h4-11,16,19H,12H2,1-3H3. The van der Waals surface area contributed by atoms with Crippen molar-refractivity contribution in [2.75, 3.05) is 27.7 Å². The van der Waals surface area contributed by atoms with Crippen LogP contribution in [0.2, 0.25) is 0 Å². The van der Waals surface area contributed by atoms with Gasteiger partial charge in [0.25, 0.3) is 0 Å². The second kappa shape index (κ2) is 8.11. The summed E-state index contributed by atoms with van der Waals surface area (Å²) in [4.78, 5) is 2.18. The number of hydrogen-bond acceptors (Lipinski definition) is 4. The summed E-state index contributed by atoms with van der Waals surface area (Å²) >= 11 is 3.31. The molecule has 0 aliphatic carbocycles. The van der Waals surface area contributed by atoms with Crippen LogP contribution in [0.5, 0.6) is 5.75 Å². The van der Waals surface area contributed by atoms with Gasteiger partial charge in [-0.25, -0.2) is 13.1 Å². The predicted octanol–water partition coefficient (Wildman–Crippen LogP) is 3.04. The Hall–Kier alpha value is -1.41. The van der Waals surface area contributed by atoms with Gasteiger partial charge in [-0.2, -0.15) is 0 Å². The third kappa shape index (κ3) is 4.57. The van der Waals surface area contributed by atoms with Crippen molar-refractivity contribution >= 4 is 26.0 Å². The van der Waals surface area contributed by atoms with Crippen LogP contribution in [0.3, 0.4) is 0 Å². The molecule has 0 radical (unpaired) electrons. The van der Waals surface area contributed by atoms with Gasteiger partial charge in [0, 0.05) is 12.6 Å². The van der Waals surface area contributed by atoms with E-state index in [1.165, 1.54) is 19.2 Å². The van der Waals surface area contributed by atoms with Crippen LogP contribution in [0.25, 0.3) is 0 Å². The van der Waals surface area contributed by atoms with E-state index in [1.54, 1.807) is 6.07 Å². The van der Waals surface area contributed by atoms with Crippen LogP contribution in [0.4, 0.5) is 0 Å². The topological polar surface area (TPSA) is 58.6 Å². The van der Waals surface area contributed by atoms with E-state index in [9.17, 15) is 8.42 Å². The number of sulfonamides is 1. The fourth-order valence-electron chi connectivity index (χ4n) is 2.36. The molecule has 0 spiro atoms. The minimum Gasteiger partial charge on any atom is -0.496 e. The van der Waals surface area contributed by atoms with Crippen molar-refractivity contribution in [3.63, 3.8) is 0 Å². The molecule has 130 valence electrons. The summed E-state index contributed by atoms with van der Waals surface area (Å²) in [5.74, 6) is 0.587. The molecule has 1 N–H and O–H groups in total. The summed E-state index contributed by atoms with van der Waals surface area (Å²) in [5, 5.41) is 0. The van der Waals surface area contributed by atoms with Gasteiger partial charge >= 0.3 is 0 Å². The van der Waals surface area contributed by atoms with Crippen LogP contribution in [-0.4, -0.2) is 41.1 Å². The lowest BCUT2D eigenvalue weighted by Gasteiger charge is -2.25. The molecule has 0 aromatic heterocycles. The summed E-state index contributed by atoms with van der Waals surface area (Å²) in [7, 11) is 1.78. The van der Waals surface area contributed by atoms with E-state index < -0.39 is 10.0 Å². The molecule has 0 fully saturated rings. The molecule has 5 nitrogen and oxygen atoms in total. The Kier molecular flexibility index (Phi) is 6.40. The molecular weight excluding hydrogens is 392 g/mol. The summed E-state index contributed by atoms with van der Waals surface area (Å²) in [6.07, 6.45) is 0. The molecule has 0 aliphatic rings. The van der Waals surface area contributed by atoms with Gasteiger partial charge in [-0.15, -0.1) is 0 Å². The van der Waals surface area contributed by atoms with Gasteiger partial charge in [0.15, 0.2) is 0 Å². The Morgan fingerprint density at radius 3 is 2.38 bits per heavy atom. The normalized spacial score (nSPS) is 13.0. The number of hydrogen-bond donors (Lipinski definition) is 1. The molecule has 0 amide bonds. The largest absolute Gasteiger partial charge is 0.496 e. The van der Waals surface area contributed by atoms with E-state index in [0.717, 1.165) is 5.56 Å². The van der Waals surface area contributed by atoms with Crippen LogP contribution in [0, 0.1) is 0 Å². The lowest BCUT2D eigenvalue weighted by molar-refractivity contribution is 0.299. The molecule has 0 saturated carbocycles. The Balaban J connectivity index is 2.18. The maximum atomic E-state index is 12.6. The summed E-state index contributed by atoms with van der Waals surface area (Å²) in [6.45, 7) is 0.281. The quantitative estimate of drug-likeness (QED) is 0.758. The Bertz CT molecular complexity index is 780. The molecule has 0 heterocycles. The van der Waals surface area contributed by atoms with Gasteiger partial charge in [0.1, 0.15) is 5.75 Å². The number of benzene rings is 2. The molecule has 2 rings (SSSR count). The minimum absolute atomic E-state index is 0.0531. The minimum atomic E-state index is -3.61. The van der Waals surface area contributed by atoms with E-state index >= 15 is 0 Å². The highest BCUT2D eigenvalue weighted by atomic mass is 79.9. The average Bonchev–Trinajstić information content (AvgIpc) is 2.55. The van der Waals surface area contributed by atoms with Gasteiger partial charge in [-0.3, -0.25) is 0 Å². The van der Waals surface area contributed by atoms with Crippen molar-refractivity contribution in [1.82, 2.24) is 9.62 Å². The molecule has 0 saturated heterocycles. The fraction of sp³-hybridized carbons (Fsp3) is 0.294. The van der Waals surface area contributed by atoms with Gasteiger partial charge in [-0.05, 0) is 53.8 Å². The van der Waals surface area contributed by atoms with Crippen LogP contribution >= 0.6 is 15.9 Å². The lowest BCUT2D eigenvalue weighted by atomic mass is 10.1. The van der Waals surface area contributed by atoms with Gasteiger partial charge < -0.3 is 9.64 Å². The number of halogens is 1. The van der Waals surface area contributed by atoms with Crippen molar-refractivity contribution in [2.24, 2.45) is 0 Å². The van der Waals surface area contributed by atoms with Crippen molar-refractivity contribution in [2.45, 2.75) is 10.9 Å². The number of rotatable bonds is 7.